The monoisotopic (exact) mass is 246 g/mol. The smallest absolute Gasteiger partial charge is 0.359 e. The number of esters is 1. The van der Waals surface area contributed by atoms with Crippen molar-refractivity contribution in [3.63, 3.8) is 0 Å². The molecule has 1 heterocycles. The van der Waals surface area contributed by atoms with Gasteiger partial charge in [-0.3, -0.25) is 0 Å². The van der Waals surface area contributed by atoms with Crippen LogP contribution < -0.4 is 10.5 Å². The number of alkyl halides is 2. The highest BCUT2D eigenvalue weighted by atomic mass is 19.3. The number of nitrogen functional groups attached to an aromatic ring is 1. The third-order valence-electron chi connectivity index (χ3n) is 1.94. The normalized spacial score (nSPS) is 10.4. The number of nitrogens with two attached hydrogens (primary N) is 1. The molecule has 0 aromatic carbocycles. The molecule has 0 aliphatic heterocycles. The number of rotatable bonds is 4. The molecule has 0 saturated heterocycles. The molecule has 1 rings (SSSR count). The van der Waals surface area contributed by atoms with E-state index in [1.165, 1.54) is 7.11 Å². The van der Waals surface area contributed by atoms with Crippen molar-refractivity contribution >= 4 is 11.7 Å². The molecule has 94 valence electrons. The summed E-state index contributed by atoms with van der Waals surface area (Å²) >= 11 is 0. The first-order valence-electron chi connectivity index (χ1n) is 4.80. The van der Waals surface area contributed by atoms with Crippen LogP contribution in [0.1, 0.15) is 29.5 Å². The van der Waals surface area contributed by atoms with Crippen LogP contribution in [-0.4, -0.2) is 24.7 Å². The number of carbonyl (C=O) groups is 1. The van der Waals surface area contributed by atoms with Crippen molar-refractivity contribution in [3.8, 4) is 5.75 Å². The minimum absolute atomic E-state index is 0.0651. The Hall–Kier alpha value is -1.92. The third-order valence-corrected chi connectivity index (χ3v) is 1.94. The van der Waals surface area contributed by atoms with Crippen LogP contribution in [0.15, 0.2) is 6.07 Å². The standard InChI is InChI=1S/C10H12F2N2O3/c1-3-17-10(15)7-5(13)4-6(16-2)8(14-7)9(11)12/h4,9H,3,13H2,1-2H3. The lowest BCUT2D eigenvalue weighted by atomic mass is 10.2. The van der Waals surface area contributed by atoms with Crippen LogP contribution in [-0.2, 0) is 4.74 Å². The van der Waals surface area contributed by atoms with E-state index >= 15 is 0 Å². The van der Waals surface area contributed by atoms with E-state index in [0.717, 1.165) is 6.07 Å². The van der Waals surface area contributed by atoms with E-state index in [1.807, 2.05) is 0 Å². The molecule has 17 heavy (non-hydrogen) atoms. The molecule has 0 aliphatic carbocycles. The first-order valence-corrected chi connectivity index (χ1v) is 4.80. The van der Waals surface area contributed by atoms with Crippen LogP contribution in [0.2, 0.25) is 0 Å². The zero-order valence-corrected chi connectivity index (χ0v) is 9.37. The Morgan fingerprint density at radius 3 is 2.71 bits per heavy atom. The van der Waals surface area contributed by atoms with Gasteiger partial charge in [0.2, 0.25) is 0 Å². The van der Waals surface area contributed by atoms with E-state index in [1.54, 1.807) is 6.92 Å². The molecule has 0 bridgehead atoms. The maximum Gasteiger partial charge on any atom is 0.359 e. The molecule has 0 spiro atoms. The number of halogens is 2. The van der Waals surface area contributed by atoms with E-state index < -0.39 is 18.1 Å². The quantitative estimate of drug-likeness (QED) is 0.820. The van der Waals surface area contributed by atoms with E-state index in [2.05, 4.69) is 9.72 Å². The van der Waals surface area contributed by atoms with Crippen molar-refractivity contribution in [2.75, 3.05) is 19.5 Å². The Morgan fingerprint density at radius 1 is 1.59 bits per heavy atom. The van der Waals surface area contributed by atoms with E-state index in [-0.39, 0.29) is 23.7 Å². The molecular weight excluding hydrogens is 234 g/mol. The lowest BCUT2D eigenvalue weighted by Crippen LogP contribution is -2.13. The molecule has 0 saturated carbocycles. The van der Waals surface area contributed by atoms with E-state index in [9.17, 15) is 13.6 Å². The number of carbonyl (C=O) groups excluding carboxylic acids is 1. The first kappa shape index (κ1) is 13.1. The van der Waals surface area contributed by atoms with E-state index in [4.69, 9.17) is 10.5 Å². The zero-order valence-electron chi connectivity index (χ0n) is 9.37. The number of anilines is 1. The van der Waals surface area contributed by atoms with E-state index in [0.29, 0.717) is 0 Å². The number of ether oxygens (including phenoxy) is 2. The average Bonchev–Trinajstić information content (AvgIpc) is 2.28. The van der Waals surface area contributed by atoms with Gasteiger partial charge < -0.3 is 15.2 Å². The highest BCUT2D eigenvalue weighted by Crippen LogP contribution is 2.30. The Kier molecular flexibility index (Phi) is 4.19. The topological polar surface area (TPSA) is 74.4 Å². The van der Waals surface area contributed by atoms with Crippen molar-refractivity contribution in [3.05, 3.63) is 17.5 Å². The lowest BCUT2D eigenvalue weighted by Gasteiger charge is -2.11. The number of hydrogen-bond acceptors (Lipinski definition) is 5. The maximum absolute atomic E-state index is 12.6. The van der Waals surface area contributed by atoms with Gasteiger partial charge >= 0.3 is 5.97 Å². The molecule has 1 aromatic heterocycles. The van der Waals surface area contributed by atoms with Crippen molar-refractivity contribution in [1.82, 2.24) is 4.98 Å². The van der Waals surface area contributed by atoms with Gasteiger partial charge in [-0.25, -0.2) is 18.6 Å². The predicted octanol–water partition coefficient (Wildman–Crippen LogP) is 1.79. The molecule has 7 heteroatoms. The van der Waals surface area contributed by atoms with Gasteiger partial charge in [-0.05, 0) is 6.92 Å². The Labute approximate surface area is 96.5 Å². The van der Waals surface area contributed by atoms with Gasteiger partial charge in [-0.15, -0.1) is 0 Å². The van der Waals surface area contributed by atoms with Gasteiger partial charge in [-0.1, -0.05) is 0 Å². The van der Waals surface area contributed by atoms with Crippen LogP contribution in [0, 0.1) is 0 Å². The van der Waals surface area contributed by atoms with Gasteiger partial charge in [-0.2, -0.15) is 0 Å². The minimum Gasteiger partial charge on any atom is -0.495 e. The average molecular weight is 246 g/mol. The Balaban J connectivity index is 3.24. The summed E-state index contributed by atoms with van der Waals surface area (Å²) in [6.07, 6.45) is -2.86. The maximum atomic E-state index is 12.6. The number of hydrogen-bond donors (Lipinski definition) is 1. The fourth-order valence-corrected chi connectivity index (χ4v) is 1.21. The summed E-state index contributed by atoms with van der Waals surface area (Å²) in [6, 6.07) is 1.13. The number of nitrogens with zero attached hydrogens (tertiary/aromatic N) is 1. The van der Waals surface area contributed by atoms with Gasteiger partial charge in [0.15, 0.2) is 5.69 Å². The molecule has 0 fully saturated rings. The van der Waals surface area contributed by atoms with Crippen LogP contribution >= 0.6 is 0 Å². The predicted molar refractivity (Wildman–Crippen MR) is 56.1 cm³/mol. The fourth-order valence-electron chi connectivity index (χ4n) is 1.21. The fraction of sp³-hybridized carbons (Fsp3) is 0.400. The molecule has 5 nitrogen and oxygen atoms in total. The Morgan fingerprint density at radius 2 is 2.24 bits per heavy atom. The van der Waals surface area contributed by atoms with Crippen LogP contribution in [0.5, 0.6) is 5.75 Å². The molecule has 2 N–H and O–H groups in total. The summed E-state index contributed by atoms with van der Waals surface area (Å²) in [4.78, 5) is 14.9. The minimum atomic E-state index is -2.86. The molecule has 0 unspecified atom stereocenters. The highest BCUT2D eigenvalue weighted by molar-refractivity contribution is 5.93. The second-order valence-electron chi connectivity index (χ2n) is 3.03. The number of methoxy groups -OCH3 is 1. The van der Waals surface area contributed by atoms with Crippen LogP contribution in [0.3, 0.4) is 0 Å². The van der Waals surface area contributed by atoms with Crippen LogP contribution in [0.25, 0.3) is 0 Å². The summed E-state index contributed by atoms with van der Waals surface area (Å²) in [7, 11) is 1.21. The molecular formula is C10H12F2N2O3. The third kappa shape index (κ3) is 2.80. The number of pyridine rings is 1. The molecule has 1 aromatic rings. The Bertz CT molecular complexity index is 424. The summed E-state index contributed by atoms with van der Waals surface area (Å²) in [5.74, 6) is -1.000. The molecule has 0 aliphatic rings. The summed E-state index contributed by atoms with van der Waals surface area (Å²) in [5.41, 5.74) is 4.48. The summed E-state index contributed by atoms with van der Waals surface area (Å²) < 4.78 is 34.6. The first-order chi connectivity index (χ1) is 8.01. The van der Waals surface area contributed by atoms with Crippen molar-refractivity contribution in [2.24, 2.45) is 0 Å². The largest absolute Gasteiger partial charge is 0.495 e. The lowest BCUT2D eigenvalue weighted by molar-refractivity contribution is 0.0519. The van der Waals surface area contributed by atoms with Crippen molar-refractivity contribution in [2.45, 2.75) is 13.3 Å². The van der Waals surface area contributed by atoms with Gasteiger partial charge in [0.1, 0.15) is 11.4 Å². The van der Waals surface area contributed by atoms with Crippen molar-refractivity contribution < 1.29 is 23.0 Å². The van der Waals surface area contributed by atoms with Gasteiger partial charge in [0.05, 0.1) is 19.4 Å². The van der Waals surface area contributed by atoms with Gasteiger partial charge in [0.25, 0.3) is 6.43 Å². The highest BCUT2D eigenvalue weighted by Gasteiger charge is 2.22. The van der Waals surface area contributed by atoms with Crippen LogP contribution in [0.4, 0.5) is 14.5 Å². The van der Waals surface area contributed by atoms with Gasteiger partial charge in [0, 0.05) is 6.07 Å². The van der Waals surface area contributed by atoms with Crippen molar-refractivity contribution in [1.29, 1.82) is 0 Å². The second-order valence-corrected chi connectivity index (χ2v) is 3.03. The number of aromatic nitrogens is 1. The SMILES string of the molecule is CCOC(=O)c1nc(C(F)F)c(OC)cc1N. The molecule has 0 radical (unpaired) electrons. The molecule has 0 amide bonds. The molecule has 0 atom stereocenters. The summed E-state index contributed by atoms with van der Waals surface area (Å²) in [5, 5.41) is 0. The summed E-state index contributed by atoms with van der Waals surface area (Å²) in [6.45, 7) is 1.70. The zero-order chi connectivity index (χ0) is 13.0. The second kappa shape index (κ2) is 5.42.